The van der Waals surface area contributed by atoms with Gasteiger partial charge in [-0.05, 0) is 31.1 Å². The summed E-state index contributed by atoms with van der Waals surface area (Å²) in [5, 5.41) is 0. The standard InChI is InChI=1S/C21H20O2/c22-19(15-7-3-1-4-8-15)17-11-21(12-17)13-18(14-21)20(23)16-9-5-2-6-10-16/h1-10,17-18H,11-14H2. The first kappa shape index (κ1) is 14.4. The number of Topliss-reactive ketones (excluding diaryl/α,β-unsaturated/α-hetero) is 2. The minimum Gasteiger partial charge on any atom is -0.294 e. The Bertz CT molecular complexity index is 652. The van der Waals surface area contributed by atoms with Gasteiger partial charge in [-0.3, -0.25) is 9.59 Å². The van der Waals surface area contributed by atoms with Crippen molar-refractivity contribution in [3.05, 3.63) is 71.8 Å². The lowest BCUT2D eigenvalue weighted by atomic mass is 9.46. The van der Waals surface area contributed by atoms with Gasteiger partial charge >= 0.3 is 0 Å². The summed E-state index contributed by atoms with van der Waals surface area (Å²) in [6.45, 7) is 0. The first-order valence-electron chi connectivity index (χ1n) is 8.35. The molecule has 23 heavy (non-hydrogen) atoms. The summed E-state index contributed by atoms with van der Waals surface area (Å²) in [7, 11) is 0. The number of rotatable bonds is 4. The highest BCUT2D eigenvalue weighted by atomic mass is 16.1. The maximum Gasteiger partial charge on any atom is 0.165 e. The van der Waals surface area contributed by atoms with Gasteiger partial charge in [0.25, 0.3) is 0 Å². The predicted octanol–water partition coefficient (Wildman–Crippen LogP) is 4.56. The Morgan fingerprint density at radius 2 is 1.00 bits per heavy atom. The van der Waals surface area contributed by atoms with E-state index in [1.807, 2.05) is 60.7 Å². The van der Waals surface area contributed by atoms with Gasteiger partial charge in [0.05, 0.1) is 0 Å². The molecule has 0 radical (unpaired) electrons. The molecule has 2 aliphatic rings. The minimum atomic E-state index is 0.158. The Kier molecular flexibility index (Phi) is 3.41. The molecule has 2 aromatic carbocycles. The molecule has 0 aromatic heterocycles. The number of benzene rings is 2. The normalized spacial score (nSPS) is 28.7. The van der Waals surface area contributed by atoms with Crippen molar-refractivity contribution in [1.29, 1.82) is 0 Å². The fraction of sp³-hybridized carbons (Fsp3) is 0.333. The van der Waals surface area contributed by atoms with Crippen LogP contribution in [0.1, 0.15) is 46.4 Å². The molecule has 0 saturated heterocycles. The van der Waals surface area contributed by atoms with Gasteiger partial charge in [0.15, 0.2) is 11.6 Å². The topological polar surface area (TPSA) is 34.1 Å². The summed E-state index contributed by atoms with van der Waals surface area (Å²) in [6.07, 6.45) is 3.83. The van der Waals surface area contributed by atoms with E-state index in [2.05, 4.69) is 0 Å². The SMILES string of the molecule is O=C(c1ccccc1)C1CC2(C1)CC(C(=O)c1ccccc1)C2. The summed E-state index contributed by atoms with van der Waals surface area (Å²) in [6, 6.07) is 19.1. The number of carbonyl (C=O) groups is 2. The second-order valence-electron chi connectivity index (χ2n) is 7.17. The first-order valence-corrected chi connectivity index (χ1v) is 8.35. The van der Waals surface area contributed by atoms with Crippen LogP contribution >= 0.6 is 0 Å². The minimum absolute atomic E-state index is 0.158. The maximum absolute atomic E-state index is 12.4. The number of carbonyl (C=O) groups excluding carboxylic acids is 2. The van der Waals surface area contributed by atoms with Crippen LogP contribution in [0.4, 0.5) is 0 Å². The zero-order valence-corrected chi connectivity index (χ0v) is 13.1. The van der Waals surface area contributed by atoms with Crippen molar-refractivity contribution < 1.29 is 9.59 Å². The van der Waals surface area contributed by atoms with Gasteiger partial charge in [-0.25, -0.2) is 0 Å². The van der Waals surface area contributed by atoms with Gasteiger partial charge in [0.2, 0.25) is 0 Å². The molecule has 4 rings (SSSR count). The highest BCUT2D eigenvalue weighted by Crippen LogP contribution is 2.62. The van der Waals surface area contributed by atoms with Gasteiger partial charge in [-0.1, -0.05) is 60.7 Å². The van der Waals surface area contributed by atoms with E-state index in [1.165, 1.54) is 0 Å². The van der Waals surface area contributed by atoms with Gasteiger partial charge < -0.3 is 0 Å². The second kappa shape index (κ2) is 5.45. The monoisotopic (exact) mass is 304 g/mol. The average molecular weight is 304 g/mol. The Morgan fingerprint density at radius 1 is 0.652 bits per heavy atom. The molecule has 0 heterocycles. The van der Waals surface area contributed by atoms with Crippen LogP contribution in [0.15, 0.2) is 60.7 Å². The Labute approximate surface area is 136 Å². The molecule has 2 nitrogen and oxygen atoms in total. The van der Waals surface area contributed by atoms with Crippen LogP contribution < -0.4 is 0 Å². The summed E-state index contributed by atoms with van der Waals surface area (Å²) in [4.78, 5) is 24.8. The molecule has 0 N–H and O–H groups in total. The third kappa shape index (κ3) is 2.52. The smallest absolute Gasteiger partial charge is 0.165 e. The molecule has 2 aliphatic carbocycles. The second-order valence-corrected chi connectivity index (χ2v) is 7.17. The summed E-state index contributed by atoms with van der Waals surface area (Å²) in [5.74, 6) is 0.860. The highest BCUT2D eigenvalue weighted by molar-refractivity contribution is 6.00. The van der Waals surface area contributed by atoms with E-state index in [1.54, 1.807) is 0 Å². The summed E-state index contributed by atoms with van der Waals surface area (Å²) >= 11 is 0. The van der Waals surface area contributed by atoms with Crippen molar-refractivity contribution >= 4 is 11.6 Å². The van der Waals surface area contributed by atoms with Crippen molar-refractivity contribution in [1.82, 2.24) is 0 Å². The van der Waals surface area contributed by atoms with Crippen molar-refractivity contribution in [3.8, 4) is 0 Å². The van der Waals surface area contributed by atoms with Crippen LogP contribution in [-0.2, 0) is 0 Å². The lowest BCUT2D eigenvalue weighted by molar-refractivity contribution is -0.0461. The van der Waals surface area contributed by atoms with Crippen LogP contribution in [0.5, 0.6) is 0 Å². The van der Waals surface area contributed by atoms with Gasteiger partial charge in [-0.15, -0.1) is 0 Å². The predicted molar refractivity (Wildman–Crippen MR) is 89.4 cm³/mol. The Hall–Kier alpha value is -2.22. The van der Waals surface area contributed by atoms with Gasteiger partial charge in [-0.2, -0.15) is 0 Å². The summed E-state index contributed by atoms with van der Waals surface area (Å²) in [5.41, 5.74) is 1.91. The van der Waals surface area contributed by atoms with E-state index in [-0.39, 0.29) is 28.8 Å². The van der Waals surface area contributed by atoms with Gasteiger partial charge in [0.1, 0.15) is 0 Å². The third-order valence-electron chi connectivity index (χ3n) is 5.58. The zero-order chi connectivity index (χ0) is 15.9. The van der Waals surface area contributed by atoms with Crippen LogP contribution in [-0.4, -0.2) is 11.6 Å². The summed E-state index contributed by atoms with van der Waals surface area (Å²) < 4.78 is 0. The Balaban J connectivity index is 1.34. The molecule has 0 atom stereocenters. The van der Waals surface area contributed by atoms with Crippen molar-refractivity contribution in [3.63, 3.8) is 0 Å². The zero-order valence-electron chi connectivity index (χ0n) is 13.1. The number of hydrogen-bond donors (Lipinski definition) is 0. The van der Waals surface area contributed by atoms with E-state index >= 15 is 0 Å². The largest absolute Gasteiger partial charge is 0.294 e. The maximum atomic E-state index is 12.4. The van der Waals surface area contributed by atoms with Crippen LogP contribution in [0, 0.1) is 17.3 Å². The van der Waals surface area contributed by atoms with E-state index in [9.17, 15) is 9.59 Å². The molecule has 2 fully saturated rings. The van der Waals surface area contributed by atoms with Crippen molar-refractivity contribution in [2.75, 3.05) is 0 Å². The molecule has 2 aromatic rings. The van der Waals surface area contributed by atoms with Crippen LogP contribution in [0.2, 0.25) is 0 Å². The molecule has 2 saturated carbocycles. The average Bonchev–Trinajstić information content (AvgIpc) is 2.53. The lowest BCUT2D eigenvalue weighted by Crippen LogP contribution is -2.51. The van der Waals surface area contributed by atoms with E-state index in [0.29, 0.717) is 0 Å². The molecule has 0 bridgehead atoms. The fourth-order valence-electron chi connectivity index (χ4n) is 4.35. The number of hydrogen-bond acceptors (Lipinski definition) is 2. The third-order valence-corrected chi connectivity index (χ3v) is 5.58. The van der Waals surface area contributed by atoms with E-state index < -0.39 is 0 Å². The van der Waals surface area contributed by atoms with Gasteiger partial charge in [0, 0.05) is 23.0 Å². The molecule has 0 aliphatic heterocycles. The van der Waals surface area contributed by atoms with Crippen LogP contribution in [0.3, 0.4) is 0 Å². The van der Waals surface area contributed by atoms with Crippen molar-refractivity contribution in [2.24, 2.45) is 17.3 Å². The molecular weight excluding hydrogens is 284 g/mol. The van der Waals surface area contributed by atoms with E-state index in [0.717, 1.165) is 36.8 Å². The highest BCUT2D eigenvalue weighted by Gasteiger charge is 2.56. The van der Waals surface area contributed by atoms with Crippen LogP contribution in [0.25, 0.3) is 0 Å². The molecule has 1 spiro atoms. The Morgan fingerprint density at radius 3 is 1.35 bits per heavy atom. The first-order chi connectivity index (χ1) is 11.2. The fourth-order valence-corrected chi connectivity index (χ4v) is 4.35. The lowest BCUT2D eigenvalue weighted by Gasteiger charge is -2.57. The molecule has 0 amide bonds. The van der Waals surface area contributed by atoms with E-state index in [4.69, 9.17) is 0 Å². The number of ketones is 2. The molecule has 2 heteroatoms. The van der Waals surface area contributed by atoms with Crippen molar-refractivity contribution in [2.45, 2.75) is 25.7 Å². The molecule has 116 valence electrons. The quantitative estimate of drug-likeness (QED) is 0.776. The molecule has 0 unspecified atom stereocenters. The molecular formula is C21H20O2.